The molecule has 0 unspecified atom stereocenters. The first-order valence-corrected chi connectivity index (χ1v) is 7.34. The number of urea groups is 1. The lowest BCUT2D eigenvalue weighted by Crippen LogP contribution is -2.21. The summed E-state index contributed by atoms with van der Waals surface area (Å²) in [5.74, 6) is 0.758. The normalized spacial score (nSPS) is 12.8. The molecular weight excluding hydrogens is 278 g/mol. The van der Waals surface area contributed by atoms with E-state index in [4.69, 9.17) is 4.74 Å². The van der Waals surface area contributed by atoms with E-state index in [1.54, 1.807) is 19.2 Å². The lowest BCUT2D eigenvalue weighted by Gasteiger charge is -2.21. The number of anilines is 3. The maximum absolute atomic E-state index is 12.1. The first-order valence-electron chi connectivity index (χ1n) is 7.34. The second-order valence-corrected chi connectivity index (χ2v) is 5.17. The summed E-state index contributed by atoms with van der Waals surface area (Å²) in [4.78, 5) is 12.1. The van der Waals surface area contributed by atoms with Crippen molar-refractivity contribution in [2.45, 2.75) is 12.8 Å². The molecule has 0 saturated heterocycles. The van der Waals surface area contributed by atoms with Crippen LogP contribution >= 0.6 is 0 Å². The highest BCUT2D eigenvalue weighted by Gasteiger charge is 2.14. The number of hydrogen-bond donors (Lipinski definition) is 3. The van der Waals surface area contributed by atoms with Crippen molar-refractivity contribution in [1.29, 1.82) is 0 Å². The Hall–Kier alpha value is -2.69. The zero-order valence-electron chi connectivity index (χ0n) is 12.5. The van der Waals surface area contributed by atoms with Crippen LogP contribution in [-0.2, 0) is 6.42 Å². The van der Waals surface area contributed by atoms with Gasteiger partial charge in [-0.15, -0.1) is 0 Å². The summed E-state index contributed by atoms with van der Waals surface area (Å²) < 4.78 is 5.10. The van der Waals surface area contributed by atoms with Gasteiger partial charge < -0.3 is 20.7 Å². The molecule has 2 aromatic rings. The largest absolute Gasteiger partial charge is 0.497 e. The van der Waals surface area contributed by atoms with Crippen LogP contribution in [-0.4, -0.2) is 19.7 Å². The van der Waals surface area contributed by atoms with Gasteiger partial charge in [-0.2, -0.15) is 0 Å². The van der Waals surface area contributed by atoms with Gasteiger partial charge in [-0.05, 0) is 54.8 Å². The van der Waals surface area contributed by atoms with Crippen LogP contribution in [0.3, 0.4) is 0 Å². The third kappa shape index (κ3) is 3.14. The van der Waals surface area contributed by atoms with Crippen LogP contribution < -0.4 is 20.7 Å². The summed E-state index contributed by atoms with van der Waals surface area (Å²) in [5, 5.41) is 9.10. The molecule has 1 aliphatic rings. The Morgan fingerprint density at radius 1 is 1.14 bits per heavy atom. The van der Waals surface area contributed by atoms with E-state index in [1.807, 2.05) is 30.3 Å². The zero-order chi connectivity index (χ0) is 15.4. The molecule has 0 radical (unpaired) electrons. The van der Waals surface area contributed by atoms with Crippen molar-refractivity contribution in [3.63, 3.8) is 0 Å². The monoisotopic (exact) mass is 297 g/mol. The molecular formula is C17H19N3O2. The van der Waals surface area contributed by atoms with E-state index in [1.165, 1.54) is 5.56 Å². The number of carbonyl (C=O) groups is 1. The Morgan fingerprint density at radius 3 is 2.73 bits per heavy atom. The second kappa shape index (κ2) is 6.39. The SMILES string of the molecule is COc1ccc(NC(=O)Nc2cccc3c2CCCN3)cc1. The van der Waals surface area contributed by atoms with Crippen LogP contribution in [0.15, 0.2) is 42.5 Å². The third-order valence-corrected chi connectivity index (χ3v) is 3.69. The fourth-order valence-corrected chi connectivity index (χ4v) is 2.59. The molecule has 1 heterocycles. The van der Waals surface area contributed by atoms with Gasteiger partial charge in [0.2, 0.25) is 0 Å². The average Bonchev–Trinajstić information content (AvgIpc) is 2.56. The van der Waals surface area contributed by atoms with E-state index >= 15 is 0 Å². The Bertz CT molecular complexity index is 668. The van der Waals surface area contributed by atoms with Crippen LogP contribution in [0.25, 0.3) is 0 Å². The smallest absolute Gasteiger partial charge is 0.323 e. The average molecular weight is 297 g/mol. The minimum Gasteiger partial charge on any atom is -0.497 e. The topological polar surface area (TPSA) is 62.4 Å². The minimum absolute atomic E-state index is 0.246. The van der Waals surface area contributed by atoms with Crippen molar-refractivity contribution < 1.29 is 9.53 Å². The summed E-state index contributed by atoms with van der Waals surface area (Å²) >= 11 is 0. The van der Waals surface area contributed by atoms with Crippen LogP contribution in [0.4, 0.5) is 21.9 Å². The van der Waals surface area contributed by atoms with Crippen LogP contribution in [0.5, 0.6) is 5.75 Å². The van der Waals surface area contributed by atoms with Gasteiger partial charge in [0.15, 0.2) is 0 Å². The lowest BCUT2D eigenvalue weighted by atomic mass is 10.0. The first kappa shape index (κ1) is 14.3. The van der Waals surface area contributed by atoms with Crippen LogP contribution in [0.1, 0.15) is 12.0 Å². The number of rotatable bonds is 3. The van der Waals surface area contributed by atoms with Gasteiger partial charge in [0.1, 0.15) is 5.75 Å². The van der Waals surface area contributed by atoms with Gasteiger partial charge in [-0.25, -0.2) is 4.79 Å². The lowest BCUT2D eigenvalue weighted by molar-refractivity contribution is 0.262. The molecule has 0 aromatic heterocycles. The summed E-state index contributed by atoms with van der Waals surface area (Å²) in [7, 11) is 1.61. The van der Waals surface area contributed by atoms with Gasteiger partial charge in [0.05, 0.1) is 7.11 Å². The molecule has 5 heteroatoms. The Balaban J connectivity index is 1.69. The molecule has 114 valence electrons. The Labute approximate surface area is 129 Å². The van der Waals surface area contributed by atoms with Crippen LogP contribution in [0.2, 0.25) is 0 Å². The van der Waals surface area contributed by atoms with Crippen LogP contribution in [0, 0.1) is 0 Å². The summed E-state index contributed by atoms with van der Waals surface area (Å²) in [6.45, 7) is 0.981. The van der Waals surface area contributed by atoms with Crippen molar-refractivity contribution in [2.24, 2.45) is 0 Å². The predicted octanol–water partition coefficient (Wildman–Crippen LogP) is 3.70. The van der Waals surface area contributed by atoms with E-state index in [-0.39, 0.29) is 6.03 Å². The summed E-state index contributed by atoms with van der Waals surface area (Å²) in [6.07, 6.45) is 2.05. The van der Waals surface area contributed by atoms with Gasteiger partial charge in [-0.3, -0.25) is 0 Å². The maximum Gasteiger partial charge on any atom is 0.323 e. The number of nitrogens with one attached hydrogen (secondary N) is 3. The van der Waals surface area contributed by atoms with Gasteiger partial charge in [-0.1, -0.05) is 6.07 Å². The van der Waals surface area contributed by atoms with Crippen molar-refractivity contribution in [2.75, 3.05) is 29.6 Å². The van der Waals surface area contributed by atoms with E-state index < -0.39 is 0 Å². The zero-order valence-corrected chi connectivity index (χ0v) is 12.5. The standard InChI is InChI=1S/C17H19N3O2/c1-22-13-9-7-12(8-10-13)19-17(21)20-16-6-2-5-15-14(16)4-3-11-18-15/h2,5-10,18H,3-4,11H2,1H3,(H2,19,20,21). The molecule has 2 amide bonds. The molecule has 2 aromatic carbocycles. The van der Waals surface area contributed by atoms with Gasteiger partial charge >= 0.3 is 6.03 Å². The number of amides is 2. The molecule has 3 rings (SSSR count). The quantitative estimate of drug-likeness (QED) is 0.809. The molecule has 5 nitrogen and oxygen atoms in total. The third-order valence-electron chi connectivity index (χ3n) is 3.69. The highest BCUT2D eigenvalue weighted by atomic mass is 16.5. The molecule has 0 atom stereocenters. The number of benzene rings is 2. The van der Waals surface area contributed by atoms with E-state index in [2.05, 4.69) is 16.0 Å². The predicted molar refractivity (Wildman–Crippen MR) is 88.9 cm³/mol. The number of methoxy groups -OCH3 is 1. The maximum atomic E-state index is 12.1. The Morgan fingerprint density at radius 2 is 1.95 bits per heavy atom. The van der Waals surface area contributed by atoms with Crippen molar-refractivity contribution in [3.8, 4) is 5.75 Å². The highest BCUT2D eigenvalue weighted by molar-refractivity contribution is 6.00. The molecule has 0 saturated carbocycles. The van der Waals surface area contributed by atoms with Crippen molar-refractivity contribution >= 4 is 23.1 Å². The summed E-state index contributed by atoms with van der Waals surface area (Å²) in [6, 6.07) is 12.9. The molecule has 22 heavy (non-hydrogen) atoms. The van der Waals surface area contributed by atoms with Crippen molar-refractivity contribution in [1.82, 2.24) is 0 Å². The molecule has 0 spiro atoms. The van der Waals surface area contributed by atoms with Gasteiger partial charge in [0.25, 0.3) is 0 Å². The fraction of sp³-hybridized carbons (Fsp3) is 0.235. The first-order chi connectivity index (χ1) is 10.8. The van der Waals surface area contributed by atoms with E-state index in [9.17, 15) is 4.79 Å². The molecule has 0 fully saturated rings. The number of carbonyl (C=O) groups excluding carboxylic acids is 1. The van der Waals surface area contributed by atoms with Gasteiger partial charge in [0, 0.05) is 23.6 Å². The second-order valence-electron chi connectivity index (χ2n) is 5.17. The van der Waals surface area contributed by atoms with E-state index in [0.29, 0.717) is 0 Å². The van der Waals surface area contributed by atoms with E-state index in [0.717, 1.165) is 42.2 Å². The molecule has 0 aliphatic carbocycles. The number of hydrogen-bond acceptors (Lipinski definition) is 3. The Kier molecular flexibility index (Phi) is 4.14. The molecule has 3 N–H and O–H groups in total. The fourth-order valence-electron chi connectivity index (χ4n) is 2.59. The molecule has 0 bridgehead atoms. The number of ether oxygens (including phenoxy) is 1. The highest BCUT2D eigenvalue weighted by Crippen LogP contribution is 2.29. The number of fused-ring (bicyclic) bond motifs is 1. The summed E-state index contributed by atoms with van der Waals surface area (Å²) in [5.41, 5.74) is 3.85. The molecule has 1 aliphatic heterocycles. The minimum atomic E-state index is -0.246. The van der Waals surface area contributed by atoms with Crippen molar-refractivity contribution in [3.05, 3.63) is 48.0 Å².